The van der Waals surface area contributed by atoms with Crippen LogP contribution in [0.15, 0.2) is 0 Å². The van der Waals surface area contributed by atoms with Gasteiger partial charge in [0.25, 0.3) is 0 Å². The third kappa shape index (κ3) is 7.34. The van der Waals surface area contributed by atoms with Crippen molar-refractivity contribution in [2.45, 2.75) is 52.7 Å². The van der Waals surface area contributed by atoms with E-state index >= 15 is 0 Å². The summed E-state index contributed by atoms with van der Waals surface area (Å²) in [6, 6.07) is 0. The number of esters is 1. The molecule has 1 atom stereocenters. The van der Waals surface area contributed by atoms with E-state index in [9.17, 15) is 9.90 Å². The van der Waals surface area contributed by atoms with Gasteiger partial charge in [-0.2, -0.15) is 0 Å². The number of ether oxygens (including phenoxy) is 1. The first-order chi connectivity index (χ1) is 7.62. The summed E-state index contributed by atoms with van der Waals surface area (Å²) in [5, 5.41) is 9.90. The van der Waals surface area contributed by atoms with Gasteiger partial charge in [-0.3, -0.25) is 4.79 Å². The summed E-state index contributed by atoms with van der Waals surface area (Å²) in [5.41, 5.74) is -0.482. The van der Waals surface area contributed by atoms with Gasteiger partial charge in [0.2, 0.25) is 0 Å². The molecule has 102 valence electrons. The fourth-order valence-corrected chi connectivity index (χ4v) is 1.63. The highest BCUT2D eigenvalue weighted by Crippen LogP contribution is 2.11. The van der Waals surface area contributed by atoms with Crippen LogP contribution in [0.3, 0.4) is 0 Å². The molecule has 0 saturated heterocycles. The highest BCUT2D eigenvalue weighted by atomic mass is 16.6. The molecule has 0 radical (unpaired) electrons. The Hall–Kier alpha value is -0.610. The van der Waals surface area contributed by atoms with Crippen molar-refractivity contribution in [1.82, 2.24) is 0 Å². The van der Waals surface area contributed by atoms with Crippen LogP contribution in [0.4, 0.5) is 0 Å². The summed E-state index contributed by atoms with van der Waals surface area (Å²) in [6.45, 7) is 12.1. The van der Waals surface area contributed by atoms with E-state index in [1.807, 2.05) is 20.8 Å². The Bertz CT molecular complexity index is 242. The number of quaternary nitrogens is 1. The maximum Gasteiger partial charge on any atom is 0.309 e. The van der Waals surface area contributed by atoms with Gasteiger partial charge >= 0.3 is 5.97 Å². The molecule has 4 nitrogen and oxygen atoms in total. The van der Waals surface area contributed by atoms with Crippen molar-refractivity contribution in [1.29, 1.82) is 0 Å². The lowest BCUT2D eigenvalue weighted by molar-refractivity contribution is -0.909. The molecule has 0 rings (SSSR count). The lowest BCUT2D eigenvalue weighted by Gasteiger charge is -2.34. The van der Waals surface area contributed by atoms with E-state index in [2.05, 4.69) is 20.9 Å². The first-order valence-corrected chi connectivity index (χ1v) is 6.35. The minimum Gasteiger partial charge on any atom is -0.460 e. The summed E-state index contributed by atoms with van der Waals surface area (Å²) in [5.74, 6) is -0.330. The highest BCUT2D eigenvalue weighted by Gasteiger charge is 2.25. The summed E-state index contributed by atoms with van der Waals surface area (Å²) in [4.78, 5) is 11.5. The predicted octanol–water partition coefficient (Wildman–Crippen LogP) is 1.57. The number of carbonyl (C=O) groups excluding carboxylic acids is 1. The first kappa shape index (κ1) is 16.4. The van der Waals surface area contributed by atoms with Gasteiger partial charge in [-0.05, 0) is 34.6 Å². The molecule has 1 unspecified atom stereocenters. The Labute approximate surface area is 105 Å². The van der Waals surface area contributed by atoms with Crippen molar-refractivity contribution in [2.24, 2.45) is 0 Å². The van der Waals surface area contributed by atoms with Crippen LogP contribution in [0.2, 0.25) is 0 Å². The molecule has 0 aromatic rings. The second-order valence-electron chi connectivity index (χ2n) is 5.88. The number of rotatable bonds is 6. The average Bonchev–Trinajstić information content (AvgIpc) is 2.14. The quantitative estimate of drug-likeness (QED) is 0.571. The summed E-state index contributed by atoms with van der Waals surface area (Å²) >= 11 is 0. The molecule has 17 heavy (non-hydrogen) atoms. The van der Waals surface area contributed by atoms with E-state index in [4.69, 9.17) is 4.74 Å². The molecular weight excluding hydrogens is 218 g/mol. The average molecular weight is 246 g/mol. The van der Waals surface area contributed by atoms with Crippen molar-refractivity contribution in [3.05, 3.63) is 0 Å². The number of hydrogen-bond donors (Lipinski definition) is 1. The molecule has 0 aliphatic carbocycles. The molecule has 0 bridgehead atoms. The molecule has 0 aliphatic heterocycles. The molecule has 0 aromatic heterocycles. The Balaban J connectivity index is 4.18. The molecule has 0 spiro atoms. The minimum atomic E-state index is -0.630. The zero-order valence-electron chi connectivity index (χ0n) is 12.1. The van der Waals surface area contributed by atoms with Crippen LogP contribution >= 0.6 is 0 Å². The van der Waals surface area contributed by atoms with Gasteiger partial charge in [-0.1, -0.05) is 0 Å². The molecule has 0 heterocycles. The van der Waals surface area contributed by atoms with E-state index < -0.39 is 11.7 Å². The lowest BCUT2D eigenvalue weighted by atomic mass is 10.1. The molecule has 0 saturated carbocycles. The van der Waals surface area contributed by atoms with Crippen molar-refractivity contribution >= 4 is 5.97 Å². The van der Waals surface area contributed by atoms with E-state index in [1.54, 1.807) is 0 Å². The second kappa shape index (κ2) is 6.36. The third-order valence-corrected chi connectivity index (χ3v) is 3.00. The number of carbonyl (C=O) groups is 1. The predicted molar refractivity (Wildman–Crippen MR) is 68.6 cm³/mol. The van der Waals surface area contributed by atoms with Gasteiger partial charge in [0.15, 0.2) is 0 Å². The number of nitrogens with zero attached hydrogens (tertiary/aromatic N) is 1. The van der Waals surface area contributed by atoms with E-state index in [0.29, 0.717) is 6.54 Å². The van der Waals surface area contributed by atoms with Crippen LogP contribution in [-0.4, -0.2) is 53.9 Å². The van der Waals surface area contributed by atoms with Crippen LogP contribution in [-0.2, 0) is 9.53 Å². The Morgan fingerprint density at radius 3 is 2.12 bits per heavy atom. The largest absolute Gasteiger partial charge is 0.460 e. The Morgan fingerprint density at radius 1 is 1.29 bits per heavy atom. The maximum atomic E-state index is 11.5. The van der Waals surface area contributed by atoms with Crippen molar-refractivity contribution < 1.29 is 19.1 Å². The van der Waals surface area contributed by atoms with Gasteiger partial charge < -0.3 is 14.3 Å². The van der Waals surface area contributed by atoms with Gasteiger partial charge in [0.05, 0.1) is 26.6 Å². The van der Waals surface area contributed by atoms with Crippen LogP contribution in [0.25, 0.3) is 0 Å². The minimum absolute atomic E-state index is 0.0745. The topological polar surface area (TPSA) is 46.5 Å². The summed E-state index contributed by atoms with van der Waals surface area (Å²) in [6.07, 6.45) is -0.555. The SMILES string of the molecule is CC[N+](C)(CC)CC(O)CC(=O)OC(C)(C)C. The van der Waals surface area contributed by atoms with Crippen LogP contribution in [0.1, 0.15) is 41.0 Å². The molecule has 0 fully saturated rings. The van der Waals surface area contributed by atoms with Crippen molar-refractivity contribution in [3.63, 3.8) is 0 Å². The monoisotopic (exact) mass is 246 g/mol. The lowest BCUT2D eigenvalue weighted by Crippen LogP contribution is -2.49. The third-order valence-electron chi connectivity index (χ3n) is 3.00. The van der Waals surface area contributed by atoms with E-state index in [1.165, 1.54) is 0 Å². The van der Waals surface area contributed by atoms with E-state index in [-0.39, 0.29) is 12.4 Å². The highest BCUT2D eigenvalue weighted by molar-refractivity contribution is 5.70. The number of likely N-dealkylation sites (N-methyl/N-ethyl adjacent to an activating group) is 1. The van der Waals surface area contributed by atoms with Crippen molar-refractivity contribution in [3.8, 4) is 0 Å². The zero-order valence-corrected chi connectivity index (χ0v) is 12.1. The molecular formula is C13H28NO3+. The molecule has 0 amide bonds. The Kier molecular flexibility index (Phi) is 6.13. The molecule has 1 N–H and O–H groups in total. The fourth-order valence-electron chi connectivity index (χ4n) is 1.63. The second-order valence-corrected chi connectivity index (χ2v) is 5.88. The smallest absolute Gasteiger partial charge is 0.309 e. The van der Waals surface area contributed by atoms with Crippen molar-refractivity contribution in [2.75, 3.05) is 26.7 Å². The van der Waals surface area contributed by atoms with Crippen LogP contribution in [0.5, 0.6) is 0 Å². The van der Waals surface area contributed by atoms with Gasteiger partial charge in [0.1, 0.15) is 18.2 Å². The van der Waals surface area contributed by atoms with Gasteiger partial charge in [-0.25, -0.2) is 0 Å². The number of hydrogen-bond acceptors (Lipinski definition) is 3. The number of aliphatic hydroxyl groups is 1. The fraction of sp³-hybridized carbons (Fsp3) is 0.923. The van der Waals surface area contributed by atoms with Crippen LogP contribution < -0.4 is 0 Å². The molecule has 4 heteroatoms. The van der Waals surface area contributed by atoms with Gasteiger partial charge in [-0.15, -0.1) is 0 Å². The summed E-state index contributed by atoms with van der Waals surface area (Å²) in [7, 11) is 2.08. The molecule has 0 aromatic carbocycles. The van der Waals surface area contributed by atoms with Gasteiger partial charge in [0, 0.05) is 0 Å². The standard InChI is InChI=1S/C13H28NO3/c1-7-14(6,8-2)10-11(15)9-12(16)17-13(3,4)5/h11,15H,7-10H2,1-6H3/q+1. The number of aliphatic hydroxyl groups excluding tert-OH is 1. The normalized spacial score (nSPS) is 14.5. The molecule has 0 aliphatic rings. The first-order valence-electron chi connectivity index (χ1n) is 6.35. The van der Waals surface area contributed by atoms with E-state index in [0.717, 1.165) is 17.6 Å². The maximum absolute atomic E-state index is 11.5. The van der Waals surface area contributed by atoms with Crippen LogP contribution in [0, 0.1) is 0 Å². The zero-order chi connectivity index (χ0) is 13.7. The summed E-state index contributed by atoms with van der Waals surface area (Å²) < 4.78 is 5.95. The Morgan fingerprint density at radius 2 is 1.76 bits per heavy atom.